The summed E-state index contributed by atoms with van der Waals surface area (Å²) in [6.45, 7) is 0. The summed E-state index contributed by atoms with van der Waals surface area (Å²) in [5, 5.41) is 7.01. The normalized spacial score (nSPS) is 10.5. The van der Waals surface area contributed by atoms with Gasteiger partial charge >= 0.3 is 0 Å². The van der Waals surface area contributed by atoms with E-state index < -0.39 is 0 Å². The average Bonchev–Trinajstić information content (AvgIpc) is 3.09. The third kappa shape index (κ3) is 4.99. The summed E-state index contributed by atoms with van der Waals surface area (Å²) in [5.74, 6) is -0.201. The minimum absolute atomic E-state index is 0.0453. The lowest BCUT2D eigenvalue weighted by Gasteiger charge is -2.10. The Kier molecular flexibility index (Phi) is 5.98. The Morgan fingerprint density at radius 1 is 1.07 bits per heavy atom. The van der Waals surface area contributed by atoms with Crippen LogP contribution in [0.15, 0.2) is 70.3 Å². The van der Waals surface area contributed by atoms with Crippen molar-refractivity contribution in [1.82, 2.24) is 14.7 Å². The van der Waals surface area contributed by atoms with Crippen LogP contribution in [0.3, 0.4) is 0 Å². The first-order valence-electron chi connectivity index (χ1n) is 8.03. The number of nitrogens with one attached hydrogen (secondary N) is 1. The predicted octanol–water partition coefficient (Wildman–Crippen LogP) is 4.66. The van der Waals surface area contributed by atoms with Crippen molar-refractivity contribution < 1.29 is 9.59 Å². The molecule has 0 bridgehead atoms. The highest BCUT2D eigenvalue weighted by Crippen LogP contribution is 2.23. The van der Waals surface area contributed by atoms with E-state index in [0.717, 1.165) is 26.8 Å². The molecule has 3 aromatic rings. The number of thioether (sulfide) groups is 1. The van der Waals surface area contributed by atoms with Gasteiger partial charge in [-0.3, -0.25) is 9.59 Å². The molecular weight excluding hydrogens is 428 g/mol. The maximum absolute atomic E-state index is 12.4. The molecule has 2 amide bonds. The number of halogens is 1. The van der Waals surface area contributed by atoms with Gasteiger partial charge in [0.1, 0.15) is 0 Å². The lowest BCUT2D eigenvalue weighted by molar-refractivity contribution is 0.102. The molecule has 0 saturated carbocycles. The third-order valence-electron chi connectivity index (χ3n) is 3.63. The van der Waals surface area contributed by atoms with E-state index in [-0.39, 0.29) is 11.1 Å². The quantitative estimate of drug-likeness (QED) is 0.594. The monoisotopic (exact) mass is 444 g/mol. The zero-order chi connectivity index (χ0) is 19.4. The van der Waals surface area contributed by atoms with Crippen molar-refractivity contribution in [1.29, 1.82) is 0 Å². The van der Waals surface area contributed by atoms with Crippen molar-refractivity contribution in [3.05, 3.63) is 71.0 Å². The van der Waals surface area contributed by atoms with Gasteiger partial charge in [0.25, 0.3) is 11.1 Å². The number of carbonyl (C=O) groups is 2. The SMILES string of the molecule is CN(C)C(=O)Sc1ccc(NC(=O)c2ccc(-n3cc(Br)cn3)cc2)cc1. The molecule has 0 aliphatic carbocycles. The van der Waals surface area contributed by atoms with E-state index in [1.807, 2.05) is 18.3 Å². The van der Waals surface area contributed by atoms with Crippen LogP contribution in [0.4, 0.5) is 10.5 Å². The van der Waals surface area contributed by atoms with Crippen LogP contribution in [0.25, 0.3) is 5.69 Å². The van der Waals surface area contributed by atoms with Crippen molar-refractivity contribution in [2.45, 2.75) is 4.90 Å². The van der Waals surface area contributed by atoms with Crippen LogP contribution in [0, 0.1) is 0 Å². The Morgan fingerprint density at radius 2 is 1.74 bits per heavy atom. The summed E-state index contributed by atoms with van der Waals surface area (Å²) >= 11 is 4.50. The average molecular weight is 445 g/mol. The van der Waals surface area contributed by atoms with Gasteiger partial charge in [-0.05, 0) is 76.2 Å². The minimum Gasteiger partial charge on any atom is -0.339 e. The van der Waals surface area contributed by atoms with Gasteiger partial charge in [0.15, 0.2) is 0 Å². The summed E-state index contributed by atoms with van der Waals surface area (Å²) in [6.07, 6.45) is 3.55. The van der Waals surface area contributed by atoms with Crippen molar-refractivity contribution >= 4 is 44.5 Å². The molecular formula is C19H17BrN4O2S. The number of carbonyl (C=O) groups excluding carboxylic acids is 2. The fraction of sp³-hybridized carbons (Fsp3) is 0.105. The molecule has 0 spiro atoms. The van der Waals surface area contributed by atoms with Gasteiger partial charge in [0.05, 0.1) is 16.4 Å². The molecule has 0 atom stereocenters. The van der Waals surface area contributed by atoms with Crippen LogP contribution in [0.5, 0.6) is 0 Å². The van der Waals surface area contributed by atoms with Crippen molar-refractivity contribution in [3.8, 4) is 5.69 Å². The van der Waals surface area contributed by atoms with Crippen LogP contribution >= 0.6 is 27.7 Å². The summed E-state index contributed by atoms with van der Waals surface area (Å²) < 4.78 is 2.61. The number of hydrogen-bond acceptors (Lipinski definition) is 4. The van der Waals surface area contributed by atoms with E-state index in [0.29, 0.717) is 11.3 Å². The Labute approximate surface area is 169 Å². The highest BCUT2D eigenvalue weighted by molar-refractivity contribution is 9.10. The minimum atomic E-state index is -0.201. The first-order valence-corrected chi connectivity index (χ1v) is 9.64. The van der Waals surface area contributed by atoms with Gasteiger partial charge in [0.2, 0.25) is 0 Å². The Hall–Kier alpha value is -2.58. The van der Waals surface area contributed by atoms with E-state index in [9.17, 15) is 9.59 Å². The highest BCUT2D eigenvalue weighted by atomic mass is 79.9. The van der Waals surface area contributed by atoms with E-state index in [4.69, 9.17) is 0 Å². The molecule has 2 aromatic carbocycles. The van der Waals surface area contributed by atoms with Crippen molar-refractivity contribution in [2.75, 3.05) is 19.4 Å². The van der Waals surface area contributed by atoms with Gasteiger partial charge in [-0.1, -0.05) is 0 Å². The molecule has 3 rings (SSSR count). The molecule has 8 heteroatoms. The lowest BCUT2D eigenvalue weighted by Crippen LogP contribution is -2.16. The number of benzene rings is 2. The smallest absolute Gasteiger partial charge is 0.285 e. The Morgan fingerprint density at radius 3 is 2.30 bits per heavy atom. The first kappa shape index (κ1) is 19.2. The molecule has 0 aliphatic heterocycles. The zero-order valence-electron chi connectivity index (χ0n) is 14.7. The second-order valence-electron chi connectivity index (χ2n) is 5.89. The van der Waals surface area contributed by atoms with E-state index in [2.05, 4.69) is 26.3 Å². The summed E-state index contributed by atoms with van der Waals surface area (Å²) in [4.78, 5) is 26.5. The van der Waals surface area contributed by atoms with Gasteiger partial charge in [-0.2, -0.15) is 5.10 Å². The first-order chi connectivity index (χ1) is 12.9. The standard InChI is InChI=1S/C19H17BrN4O2S/c1-23(2)19(26)27-17-9-5-15(6-10-17)22-18(25)13-3-7-16(8-4-13)24-12-14(20)11-21-24/h3-12H,1-2H3,(H,22,25). The van der Waals surface area contributed by atoms with E-state index in [1.54, 1.807) is 61.4 Å². The van der Waals surface area contributed by atoms with Crippen LogP contribution in [-0.4, -0.2) is 39.9 Å². The zero-order valence-corrected chi connectivity index (χ0v) is 17.1. The number of amides is 2. The summed E-state index contributed by atoms with van der Waals surface area (Å²) in [5.41, 5.74) is 2.08. The predicted molar refractivity (Wildman–Crippen MR) is 111 cm³/mol. The lowest BCUT2D eigenvalue weighted by atomic mass is 10.2. The number of aromatic nitrogens is 2. The molecule has 0 saturated heterocycles. The van der Waals surface area contributed by atoms with Gasteiger partial charge < -0.3 is 10.2 Å². The molecule has 1 N–H and O–H groups in total. The number of rotatable bonds is 4. The number of anilines is 1. The molecule has 138 valence electrons. The fourth-order valence-electron chi connectivity index (χ4n) is 2.21. The van der Waals surface area contributed by atoms with Gasteiger partial charge in [-0.15, -0.1) is 0 Å². The van der Waals surface area contributed by atoms with Crippen LogP contribution < -0.4 is 5.32 Å². The Balaban J connectivity index is 1.64. The highest BCUT2D eigenvalue weighted by Gasteiger charge is 2.09. The van der Waals surface area contributed by atoms with Crippen molar-refractivity contribution in [3.63, 3.8) is 0 Å². The Bertz CT molecular complexity index is 953. The second-order valence-corrected chi connectivity index (χ2v) is 7.83. The maximum Gasteiger partial charge on any atom is 0.285 e. The second kappa shape index (κ2) is 8.41. The van der Waals surface area contributed by atoms with Gasteiger partial charge in [0, 0.05) is 36.4 Å². The summed E-state index contributed by atoms with van der Waals surface area (Å²) in [7, 11) is 3.42. The fourth-order valence-corrected chi connectivity index (χ4v) is 3.15. The molecule has 0 fully saturated rings. The maximum atomic E-state index is 12.4. The number of hydrogen-bond donors (Lipinski definition) is 1. The van der Waals surface area contributed by atoms with Crippen LogP contribution in [-0.2, 0) is 0 Å². The topological polar surface area (TPSA) is 67.2 Å². The molecule has 0 unspecified atom stereocenters. The van der Waals surface area contributed by atoms with Gasteiger partial charge in [-0.25, -0.2) is 4.68 Å². The third-order valence-corrected chi connectivity index (χ3v) is 5.08. The van der Waals surface area contributed by atoms with E-state index in [1.165, 1.54) is 4.90 Å². The molecule has 6 nitrogen and oxygen atoms in total. The van der Waals surface area contributed by atoms with Crippen LogP contribution in [0.2, 0.25) is 0 Å². The molecule has 0 radical (unpaired) electrons. The largest absolute Gasteiger partial charge is 0.339 e. The molecule has 0 aliphatic rings. The molecule has 1 heterocycles. The number of nitrogens with zero attached hydrogens (tertiary/aromatic N) is 3. The molecule has 27 heavy (non-hydrogen) atoms. The van der Waals surface area contributed by atoms with E-state index >= 15 is 0 Å². The van der Waals surface area contributed by atoms with Crippen LogP contribution in [0.1, 0.15) is 10.4 Å². The molecule has 1 aromatic heterocycles. The van der Waals surface area contributed by atoms with Crippen molar-refractivity contribution in [2.24, 2.45) is 0 Å². The summed E-state index contributed by atoms with van der Waals surface area (Å²) in [6, 6.07) is 14.3.